The third-order valence-electron chi connectivity index (χ3n) is 3.42. The zero-order valence-electron chi connectivity index (χ0n) is 8.66. The van der Waals surface area contributed by atoms with Crippen molar-refractivity contribution in [3.8, 4) is 0 Å². The summed E-state index contributed by atoms with van der Waals surface area (Å²) in [5, 5.41) is 0. The van der Waals surface area contributed by atoms with Gasteiger partial charge in [-0.1, -0.05) is 0 Å². The van der Waals surface area contributed by atoms with E-state index in [-0.39, 0.29) is 17.5 Å². The molecular weight excluding hydrogens is 180 g/mol. The number of carbonyl (C=O) groups excluding carboxylic acids is 1. The van der Waals surface area contributed by atoms with Crippen LogP contribution in [0.1, 0.15) is 25.7 Å². The number of rotatable bonds is 3. The second kappa shape index (κ2) is 3.51. The summed E-state index contributed by atoms with van der Waals surface area (Å²) in [5.41, 5.74) is 5.77. The van der Waals surface area contributed by atoms with E-state index in [1.54, 1.807) is 7.11 Å². The Bertz CT molecular complexity index is 238. The molecule has 2 rings (SSSR count). The predicted molar refractivity (Wildman–Crippen MR) is 52.8 cm³/mol. The van der Waals surface area contributed by atoms with E-state index in [0.29, 0.717) is 19.6 Å². The Hall–Kier alpha value is -0.610. The second-order valence-electron chi connectivity index (χ2n) is 4.48. The molecule has 0 spiro atoms. The Kier molecular flexibility index (Phi) is 2.49. The van der Waals surface area contributed by atoms with Gasteiger partial charge >= 0.3 is 0 Å². The molecule has 1 heterocycles. The summed E-state index contributed by atoms with van der Waals surface area (Å²) in [6.07, 6.45) is 3.84. The molecule has 2 aliphatic rings. The van der Waals surface area contributed by atoms with E-state index >= 15 is 0 Å². The van der Waals surface area contributed by atoms with Gasteiger partial charge in [0.2, 0.25) is 5.91 Å². The molecule has 1 atom stereocenters. The van der Waals surface area contributed by atoms with Crippen molar-refractivity contribution < 1.29 is 9.53 Å². The Morgan fingerprint density at radius 2 is 2.36 bits per heavy atom. The molecule has 0 bridgehead atoms. The lowest BCUT2D eigenvalue weighted by atomic mass is 9.76. The molecule has 1 amide bonds. The lowest BCUT2D eigenvalue weighted by molar-refractivity contribution is -0.140. The van der Waals surface area contributed by atoms with Crippen LogP contribution >= 0.6 is 0 Å². The first kappa shape index (κ1) is 9.93. The van der Waals surface area contributed by atoms with Crippen LogP contribution in [0.15, 0.2) is 0 Å². The van der Waals surface area contributed by atoms with Gasteiger partial charge in [-0.3, -0.25) is 4.79 Å². The van der Waals surface area contributed by atoms with E-state index in [9.17, 15) is 4.79 Å². The number of amides is 1. The average Bonchev–Trinajstić information content (AvgIpc) is 2.38. The van der Waals surface area contributed by atoms with E-state index in [0.717, 1.165) is 12.8 Å². The Morgan fingerprint density at radius 1 is 1.64 bits per heavy atom. The third kappa shape index (κ3) is 1.42. The number of nitrogens with zero attached hydrogens (tertiary/aromatic N) is 1. The highest BCUT2D eigenvalue weighted by Crippen LogP contribution is 2.39. The summed E-state index contributed by atoms with van der Waals surface area (Å²) in [7, 11) is 1.69. The molecule has 0 aromatic carbocycles. The maximum absolute atomic E-state index is 11.7. The van der Waals surface area contributed by atoms with Gasteiger partial charge in [-0.25, -0.2) is 0 Å². The summed E-state index contributed by atoms with van der Waals surface area (Å²) in [4.78, 5) is 13.6. The largest absolute Gasteiger partial charge is 0.382 e. The summed E-state index contributed by atoms with van der Waals surface area (Å²) in [6, 6.07) is 0.0248. The SMILES string of the molecule is COCC1(N2CC(N)CC2=O)CCC1. The maximum Gasteiger partial charge on any atom is 0.224 e. The quantitative estimate of drug-likeness (QED) is 0.700. The van der Waals surface area contributed by atoms with E-state index in [2.05, 4.69) is 0 Å². The number of carbonyl (C=O) groups is 1. The van der Waals surface area contributed by atoms with Crippen molar-refractivity contribution in [2.24, 2.45) is 5.73 Å². The minimum atomic E-state index is -0.0139. The van der Waals surface area contributed by atoms with Crippen molar-refractivity contribution >= 4 is 5.91 Å². The number of nitrogens with two attached hydrogens (primary N) is 1. The van der Waals surface area contributed by atoms with Crippen LogP contribution in [-0.4, -0.2) is 42.6 Å². The Balaban J connectivity index is 2.08. The fourth-order valence-electron chi connectivity index (χ4n) is 2.54. The lowest BCUT2D eigenvalue weighted by Gasteiger charge is -2.48. The fraction of sp³-hybridized carbons (Fsp3) is 0.900. The highest BCUT2D eigenvalue weighted by Gasteiger charge is 2.47. The van der Waals surface area contributed by atoms with Crippen LogP contribution in [0.25, 0.3) is 0 Å². The first-order valence-electron chi connectivity index (χ1n) is 5.23. The van der Waals surface area contributed by atoms with Gasteiger partial charge in [0, 0.05) is 26.1 Å². The van der Waals surface area contributed by atoms with Crippen LogP contribution in [0, 0.1) is 0 Å². The standard InChI is InChI=1S/C10H18N2O2/c1-14-7-10(3-2-4-10)12-6-8(11)5-9(12)13/h8H,2-7,11H2,1H3. The summed E-state index contributed by atoms with van der Waals surface area (Å²) in [5.74, 6) is 0.203. The minimum Gasteiger partial charge on any atom is -0.382 e. The molecule has 1 unspecified atom stereocenters. The normalized spacial score (nSPS) is 30.6. The van der Waals surface area contributed by atoms with Crippen molar-refractivity contribution in [1.29, 1.82) is 0 Å². The molecule has 0 aromatic heterocycles. The zero-order chi connectivity index (χ0) is 10.2. The number of hydrogen-bond donors (Lipinski definition) is 1. The molecule has 2 N–H and O–H groups in total. The molecule has 4 heteroatoms. The third-order valence-corrected chi connectivity index (χ3v) is 3.42. The Morgan fingerprint density at radius 3 is 2.71 bits per heavy atom. The minimum absolute atomic E-state index is 0.0139. The maximum atomic E-state index is 11.7. The molecule has 14 heavy (non-hydrogen) atoms. The molecule has 1 aliphatic carbocycles. The van der Waals surface area contributed by atoms with Gasteiger partial charge in [-0.15, -0.1) is 0 Å². The fourth-order valence-corrected chi connectivity index (χ4v) is 2.54. The predicted octanol–water partition coefficient (Wildman–Crippen LogP) is 0.115. The van der Waals surface area contributed by atoms with Gasteiger partial charge in [-0.05, 0) is 19.3 Å². The van der Waals surface area contributed by atoms with Crippen LogP contribution in [0.4, 0.5) is 0 Å². The van der Waals surface area contributed by atoms with Crippen LogP contribution < -0.4 is 5.73 Å². The first-order chi connectivity index (χ1) is 6.68. The summed E-state index contributed by atoms with van der Waals surface area (Å²) < 4.78 is 5.21. The molecule has 0 radical (unpaired) electrons. The van der Waals surface area contributed by atoms with Gasteiger partial charge in [0.1, 0.15) is 0 Å². The first-order valence-corrected chi connectivity index (χ1v) is 5.23. The summed E-state index contributed by atoms with van der Waals surface area (Å²) >= 11 is 0. The van der Waals surface area contributed by atoms with Crippen LogP contribution in [0.3, 0.4) is 0 Å². The summed E-state index contributed by atoms with van der Waals surface area (Å²) in [6.45, 7) is 1.37. The molecule has 80 valence electrons. The van der Waals surface area contributed by atoms with Crippen molar-refractivity contribution in [2.75, 3.05) is 20.3 Å². The molecule has 1 saturated carbocycles. The van der Waals surface area contributed by atoms with Crippen molar-refractivity contribution in [3.63, 3.8) is 0 Å². The monoisotopic (exact) mass is 198 g/mol. The second-order valence-corrected chi connectivity index (χ2v) is 4.48. The van der Waals surface area contributed by atoms with Crippen molar-refractivity contribution in [1.82, 2.24) is 4.90 Å². The van der Waals surface area contributed by atoms with E-state index < -0.39 is 0 Å². The highest BCUT2D eigenvalue weighted by molar-refractivity contribution is 5.80. The number of ether oxygens (including phenoxy) is 1. The smallest absolute Gasteiger partial charge is 0.224 e. The van der Waals surface area contributed by atoms with Crippen LogP contribution in [-0.2, 0) is 9.53 Å². The van der Waals surface area contributed by atoms with Crippen molar-refractivity contribution in [3.05, 3.63) is 0 Å². The van der Waals surface area contributed by atoms with E-state index in [4.69, 9.17) is 10.5 Å². The van der Waals surface area contributed by atoms with Gasteiger partial charge in [0.25, 0.3) is 0 Å². The topological polar surface area (TPSA) is 55.6 Å². The van der Waals surface area contributed by atoms with Crippen LogP contribution in [0.5, 0.6) is 0 Å². The molecule has 0 aromatic rings. The van der Waals surface area contributed by atoms with Gasteiger partial charge in [0.05, 0.1) is 12.1 Å². The van der Waals surface area contributed by atoms with Crippen molar-refractivity contribution in [2.45, 2.75) is 37.3 Å². The molecule has 1 saturated heterocycles. The van der Waals surface area contributed by atoms with E-state index in [1.807, 2.05) is 4.90 Å². The van der Waals surface area contributed by atoms with Crippen LogP contribution in [0.2, 0.25) is 0 Å². The van der Waals surface area contributed by atoms with E-state index in [1.165, 1.54) is 6.42 Å². The van der Waals surface area contributed by atoms with Gasteiger partial charge < -0.3 is 15.4 Å². The lowest BCUT2D eigenvalue weighted by Crippen LogP contribution is -2.57. The molecule has 4 nitrogen and oxygen atoms in total. The molecular formula is C10H18N2O2. The number of hydrogen-bond acceptors (Lipinski definition) is 3. The van der Waals surface area contributed by atoms with Gasteiger partial charge in [0.15, 0.2) is 0 Å². The molecule has 1 aliphatic heterocycles. The highest BCUT2D eigenvalue weighted by atomic mass is 16.5. The number of methoxy groups -OCH3 is 1. The average molecular weight is 198 g/mol. The number of likely N-dealkylation sites (tertiary alicyclic amines) is 1. The van der Waals surface area contributed by atoms with Gasteiger partial charge in [-0.2, -0.15) is 0 Å². The Labute approximate surface area is 84.4 Å². The zero-order valence-corrected chi connectivity index (χ0v) is 8.66. The molecule has 2 fully saturated rings.